The smallest absolute Gasteiger partial charge is 0.255 e. The number of carbonyl (C=O) groups is 1. The first-order valence-corrected chi connectivity index (χ1v) is 11.0. The number of morpholine rings is 1. The van der Waals surface area contributed by atoms with Crippen LogP contribution in [0.1, 0.15) is 21.6 Å². The van der Waals surface area contributed by atoms with Gasteiger partial charge in [0.05, 0.1) is 13.2 Å². The molecule has 3 aromatic rings. The molecule has 2 heterocycles. The predicted molar refractivity (Wildman–Crippen MR) is 112 cm³/mol. The Morgan fingerprint density at radius 3 is 2.60 bits per heavy atom. The van der Waals surface area contributed by atoms with Crippen LogP contribution in [0.25, 0.3) is 10.9 Å². The molecule has 0 unspecified atom stereocenters. The van der Waals surface area contributed by atoms with Crippen LogP contribution in [0.5, 0.6) is 0 Å². The summed E-state index contributed by atoms with van der Waals surface area (Å²) in [7, 11) is -4.02. The van der Waals surface area contributed by atoms with Gasteiger partial charge in [0.2, 0.25) is 10.0 Å². The molecule has 1 aromatic heterocycles. The van der Waals surface area contributed by atoms with Crippen LogP contribution in [0.3, 0.4) is 0 Å². The molecule has 2 aromatic carbocycles. The highest BCUT2D eigenvalue weighted by atomic mass is 32.2. The number of nitrogens with zero attached hydrogens (tertiary/aromatic N) is 1. The van der Waals surface area contributed by atoms with E-state index in [1.54, 1.807) is 12.1 Å². The van der Waals surface area contributed by atoms with E-state index in [2.05, 4.69) is 10.3 Å². The molecule has 2 N–H and O–H groups in total. The minimum Gasteiger partial charge on any atom is -0.379 e. The van der Waals surface area contributed by atoms with Crippen molar-refractivity contribution < 1.29 is 22.3 Å². The van der Waals surface area contributed by atoms with Crippen molar-refractivity contribution >= 4 is 32.5 Å². The van der Waals surface area contributed by atoms with E-state index in [0.717, 1.165) is 34.3 Å². The molecule has 1 amide bonds. The minimum absolute atomic E-state index is 0.161. The lowest BCUT2D eigenvalue weighted by Gasteiger charge is -2.26. The first-order valence-electron chi connectivity index (χ1n) is 9.55. The Kier molecular flexibility index (Phi) is 5.35. The summed E-state index contributed by atoms with van der Waals surface area (Å²) in [5, 5.41) is 3.61. The fourth-order valence-electron chi connectivity index (χ4n) is 3.51. The number of aromatic nitrogens is 1. The first-order chi connectivity index (χ1) is 14.3. The highest BCUT2D eigenvalue weighted by molar-refractivity contribution is 7.89. The number of benzene rings is 2. The second-order valence-corrected chi connectivity index (χ2v) is 9.16. The van der Waals surface area contributed by atoms with Gasteiger partial charge >= 0.3 is 0 Å². The third kappa shape index (κ3) is 3.71. The Morgan fingerprint density at radius 2 is 1.87 bits per heavy atom. The molecule has 4 rings (SSSR count). The number of hydrogen-bond donors (Lipinski definition) is 2. The molecule has 1 saturated heterocycles. The number of aryl methyl sites for hydroxylation is 2. The second kappa shape index (κ2) is 7.82. The summed E-state index contributed by atoms with van der Waals surface area (Å²) in [6, 6.07) is 8.83. The molecule has 1 aliphatic heterocycles. The Hall–Kier alpha value is -2.75. The van der Waals surface area contributed by atoms with Crippen molar-refractivity contribution in [2.75, 3.05) is 31.6 Å². The van der Waals surface area contributed by atoms with Crippen molar-refractivity contribution in [2.24, 2.45) is 0 Å². The van der Waals surface area contributed by atoms with Gasteiger partial charge in [-0.05, 0) is 55.8 Å². The summed E-state index contributed by atoms with van der Waals surface area (Å²) < 4.78 is 46.3. The molecule has 0 radical (unpaired) electrons. The molecule has 0 spiro atoms. The molecule has 1 aliphatic rings. The Balaban J connectivity index is 1.61. The van der Waals surface area contributed by atoms with Crippen LogP contribution in [0.15, 0.2) is 41.3 Å². The molecule has 30 heavy (non-hydrogen) atoms. The number of halogens is 1. The van der Waals surface area contributed by atoms with Gasteiger partial charge in [0, 0.05) is 40.9 Å². The minimum atomic E-state index is -4.02. The normalized spacial score (nSPS) is 15.4. The second-order valence-electron chi connectivity index (χ2n) is 7.25. The van der Waals surface area contributed by atoms with E-state index in [4.69, 9.17) is 4.74 Å². The van der Waals surface area contributed by atoms with Crippen molar-refractivity contribution in [3.8, 4) is 0 Å². The van der Waals surface area contributed by atoms with Crippen LogP contribution >= 0.6 is 0 Å². The van der Waals surface area contributed by atoms with E-state index in [-0.39, 0.29) is 32.0 Å². The summed E-state index contributed by atoms with van der Waals surface area (Å²) in [5.41, 5.74) is 3.64. The zero-order chi connectivity index (χ0) is 21.5. The number of anilines is 1. The van der Waals surface area contributed by atoms with Gasteiger partial charge in [-0.15, -0.1) is 0 Å². The topological polar surface area (TPSA) is 91.5 Å². The van der Waals surface area contributed by atoms with Gasteiger partial charge in [-0.2, -0.15) is 4.31 Å². The number of fused-ring (bicyclic) bond motifs is 1. The van der Waals surface area contributed by atoms with Crippen LogP contribution in [0.4, 0.5) is 10.1 Å². The Labute approximate surface area is 173 Å². The molecular formula is C21H22FN3O4S. The molecule has 1 fully saturated rings. The summed E-state index contributed by atoms with van der Waals surface area (Å²) in [6.07, 6.45) is 0. The Morgan fingerprint density at radius 1 is 1.13 bits per heavy atom. The number of H-pyrrole nitrogens is 1. The zero-order valence-electron chi connectivity index (χ0n) is 16.7. The van der Waals surface area contributed by atoms with Crippen molar-refractivity contribution in [1.29, 1.82) is 0 Å². The van der Waals surface area contributed by atoms with Crippen LogP contribution in [0, 0.1) is 19.7 Å². The number of nitrogens with one attached hydrogen (secondary N) is 2. The number of sulfonamides is 1. The van der Waals surface area contributed by atoms with E-state index in [0.29, 0.717) is 5.56 Å². The zero-order valence-corrected chi connectivity index (χ0v) is 17.5. The lowest BCUT2D eigenvalue weighted by Crippen LogP contribution is -2.40. The maximum Gasteiger partial charge on any atom is 0.255 e. The third-order valence-electron chi connectivity index (χ3n) is 5.35. The highest BCUT2D eigenvalue weighted by Crippen LogP contribution is 2.26. The fraction of sp³-hybridized carbons (Fsp3) is 0.286. The van der Waals surface area contributed by atoms with Gasteiger partial charge in [0.15, 0.2) is 0 Å². The summed E-state index contributed by atoms with van der Waals surface area (Å²) in [6.45, 7) is 4.78. The monoisotopic (exact) mass is 431 g/mol. The van der Waals surface area contributed by atoms with Crippen LogP contribution in [-0.4, -0.2) is 49.9 Å². The van der Waals surface area contributed by atoms with E-state index in [1.165, 1.54) is 10.4 Å². The summed E-state index contributed by atoms with van der Waals surface area (Å²) in [5.74, 6) is -1.27. The molecule has 0 atom stereocenters. The number of amides is 1. The molecule has 7 nitrogen and oxygen atoms in total. The van der Waals surface area contributed by atoms with Gasteiger partial charge in [-0.1, -0.05) is 0 Å². The molecule has 0 aliphatic carbocycles. The summed E-state index contributed by atoms with van der Waals surface area (Å²) in [4.78, 5) is 15.5. The molecule has 0 bridgehead atoms. The standard InChI is InChI=1S/C21H22FN3O4S/c1-13-14(2)23-19-6-3-15(11-17(13)19)21(26)24-16-4-5-18(22)20(12-16)30(27,28)25-7-9-29-10-8-25/h3-6,11-12,23H,7-10H2,1-2H3,(H,24,26). The average molecular weight is 431 g/mol. The van der Waals surface area contributed by atoms with Crippen molar-refractivity contribution in [3.63, 3.8) is 0 Å². The maximum absolute atomic E-state index is 14.3. The van der Waals surface area contributed by atoms with E-state index >= 15 is 0 Å². The van der Waals surface area contributed by atoms with Gasteiger partial charge < -0.3 is 15.0 Å². The van der Waals surface area contributed by atoms with Crippen molar-refractivity contribution in [2.45, 2.75) is 18.7 Å². The SMILES string of the molecule is Cc1[nH]c2ccc(C(=O)Nc3ccc(F)c(S(=O)(=O)N4CCOCC4)c3)cc2c1C. The van der Waals surface area contributed by atoms with Crippen molar-refractivity contribution in [3.05, 3.63) is 59.0 Å². The maximum atomic E-state index is 14.3. The fourth-order valence-corrected chi connectivity index (χ4v) is 5.01. The van der Waals surface area contributed by atoms with Gasteiger partial charge in [0.25, 0.3) is 5.91 Å². The summed E-state index contributed by atoms with van der Waals surface area (Å²) >= 11 is 0. The number of aromatic amines is 1. The third-order valence-corrected chi connectivity index (χ3v) is 7.26. The van der Waals surface area contributed by atoms with E-state index < -0.39 is 26.6 Å². The largest absolute Gasteiger partial charge is 0.379 e. The molecule has 0 saturated carbocycles. The van der Waals surface area contributed by atoms with Gasteiger partial charge in [0.1, 0.15) is 10.7 Å². The van der Waals surface area contributed by atoms with Crippen LogP contribution in [-0.2, 0) is 14.8 Å². The first kappa shape index (κ1) is 20.5. The molecule has 9 heteroatoms. The lowest BCUT2D eigenvalue weighted by atomic mass is 10.1. The quantitative estimate of drug-likeness (QED) is 0.664. The average Bonchev–Trinajstić information content (AvgIpc) is 3.03. The predicted octanol–water partition coefficient (Wildman–Crippen LogP) is 3.20. The highest BCUT2D eigenvalue weighted by Gasteiger charge is 2.29. The van der Waals surface area contributed by atoms with E-state index in [1.807, 2.05) is 19.9 Å². The number of carbonyl (C=O) groups excluding carboxylic acids is 1. The number of rotatable bonds is 4. The van der Waals surface area contributed by atoms with E-state index in [9.17, 15) is 17.6 Å². The van der Waals surface area contributed by atoms with Crippen LogP contribution < -0.4 is 5.32 Å². The van der Waals surface area contributed by atoms with Crippen molar-refractivity contribution in [1.82, 2.24) is 9.29 Å². The molecule has 158 valence electrons. The lowest BCUT2D eigenvalue weighted by molar-refractivity contribution is 0.0729. The Bertz CT molecular complexity index is 1230. The molecular weight excluding hydrogens is 409 g/mol. The van der Waals surface area contributed by atoms with Gasteiger partial charge in [-0.3, -0.25) is 4.79 Å². The van der Waals surface area contributed by atoms with Crippen LogP contribution in [0.2, 0.25) is 0 Å². The number of hydrogen-bond acceptors (Lipinski definition) is 4. The number of ether oxygens (including phenoxy) is 1. The van der Waals surface area contributed by atoms with Gasteiger partial charge in [-0.25, -0.2) is 12.8 Å².